The number of rotatable bonds is 8. The van der Waals surface area contributed by atoms with E-state index in [4.69, 9.17) is 28.9 Å². The summed E-state index contributed by atoms with van der Waals surface area (Å²) in [5.41, 5.74) is 5.50. The fourth-order valence-corrected chi connectivity index (χ4v) is 3.01. The Morgan fingerprint density at radius 2 is 2.04 bits per heavy atom. The average Bonchev–Trinajstić information content (AvgIpc) is 2.62. The van der Waals surface area contributed by atoms with E-state index in [1.807, 2.05) is 6.92 Å². The number of aromatic nitrogens is 2. The number of aromatic amines is 1. The largest absolute Gasteiger partial charge is 0.383 e. The van der Waals surface area contributed by atoms with Gasteiger partial charge < -0.3 is 16.0 Å². The molecule has 4 N–H and O–H groups in total. The van der Waals surface area contributed by atoms with Crippen LogP contribution in [0.25, 0.3) is 0 Å². The summed E-state index contributed by atoms with van der Waals surface area (Å²) in [5.74, 6) is -0.215. The lowest BCUT2D eigenvalue weighted by Gasteiger charge is -2.21. The molecule has 152 valence electrons. The zero-order valence-electron chi connectivity index (χ0n) is 15.7. The maximum absolute atomic E-state index is 12.2. The second-order valence-corrected chi connectivity index (χ2v) is 7.19. The van der Waals surface area contributed by atoms with Gasteiger partial charge in [0.1, 0.15) is 11.5 Å². The lowest BCUT2D eigenvalue weighted by molar-refractivity contribution is -0.116. The lowest BCUT2D eigenvalue weighted by atomic mass is 10.3. The Morgan fingerprint density at radius 1 is 1.32 bits per heavy atom. The Kier molecular flexibility index (Phi) is 7.53. The molecule has 0 radical (unpaired) electrons. The number of nitrogens with one attached hydrogen (secondary N) is 2. The van der Waals surface area contributed by atoms with Crippen molar-refractivity contribution in [3.8, 4) is 0 Å². The Bertz CT molecular complexity index is 971. The van der Waals surface area contributed by atoms with Crippen LogP contribution in [0, 0.1) is 0 Å². The van der Waals surface area contributed by atoms with Gasteiger partial charge in [-0.3, -0.25) is 19.1 Å². The van der Waals surface area contributed by atoms with Crippen molar-refractivity contribution in [3.63, 3.8) is 0 Å². The van der Waals surface area contributed by atoms with Gasteiger partial charge in [0, 0.05) is 31.6 Å². The Hall–Kier alpha value is -2.45. The van der Waals surface area contributed by atoms with Gasteiger partial charge in [0.2, 0.25) is 5.91 Å². The number of nitrogens with two attached hydrogens (primary N) is 1. The van der Waals surface area contributed by atoms with E-state index in [0.29, 0.717) is 22.3 Å². The fourth-order valence-electron chi connectivity index (χ4n) is 2.67. The molecule has 1 amide bonds. The van der Waals surface area contributed by atoms with Crippen molar-refractivity contribution in [1.82, 2.24) is 9.55 Å². The molecule has 10 heteroatoms. The number of carbonyl (C=O) groups excluding carboxylic acids is 1. The topological polar surface area (TPSA) is 113 Å². The van der Waals surface area contributed by atoms with E-state index in [9.17, 15) is 14.4 Å². The zero-order valence-corrected chi connectivity index (χ0v) is 17.2. The third-order valence-electron chi connectivity index (χ3n) is 4.21. The molecule has 2 aromatic rings. The molecule has 28 heavy (non-hydrogen) atoms. The minimum absolute atomic E-state index is 0.0757. The number of amides is 1. The van der Waals surface area contributed by atoms with Crippen LogP contribution in [0.1, 0.15) is 26.2 Å². The van der Waals surface area contributed by atoms with Crippen molar-refractivity contribution in [2.24, 2.45) is 0 Å². The minimum atomic E-state index is -0.587. The number of nitrogens with zero attached hydrogens (tertiary/aromatic N) is 2. The van der Waals surface area contributed by atoms with E-state index in [0.717, 1.165) is 12.8 Å². The molecule has 0 fully saturated rings. The third-order valence-corrected chi connectivity index (χ3v) is 4.77. The predicted molar refractivity (Wildman–Crippen MR) is 114 cm³/mol. The zero-order chi connectivity index (χ0) is 20.8. The monoisotopic (exact) mass is 427 g/mol. The summed E-state index contributed by atoms with van der Waals surface area (Å²) in [5, 5.41) is 3.50. The van der Waals surface area contributed by atoms with Crippen LogP contribution < -0.4 is 27.2 Å². The molecule has 0 spiro atoms. The summed E-state index contributed by atoms with van der Waals surface area (Å²) in [6.45, 7) is 2.61. The van der Waals surface area contributed by atoms with Crippen LogP contribution in [0.15, 0.2) is 27.8 Å². The van der Waals surface area contributed by atoms with Gasteiger partial charge in [-0.15, -0.1) is 0 Å². The second-order valence-electron chi connectivity index (χ2n) is 6.34. The molecule has 8 nitrogen and oxygen atoms in total. The van der Waals surface area contributed by atoms with Gasteiger partial charge in [-0.1, -0.05) is 36.5 Å². The standard InChI is InChI=1S/C18H23Cl2N5O3/c1-3-4-8-25-16(21)15(17(27)23-18(25)28)24(2)9-7-14(26)22-13-10-11(19)5-6-12(13)20/h5-6,10H,3-4,7-9,21H2,1-2H3,(H,22,26)(H,23,27,28). The molecular formula is C18H23Cl2N5O3. The molecule has 0 aliphatic heterocycles. The first-order valence-electron chi connectivity index (χ1n) is 8.83. The maximum Gasteiger partial charge on any atom is 0.330 e. The van der Waals surface area contributed by atoms with Crippen LogP contribution in [0.3, 0.4) is 0 Å². The summed E-state index contributed by atoms with van der Waals surface area (Å²) in [6.07, 6.45) is 1.71. The highest BCUT2D eigenvalue weighted by Crippen LogP contribution is 2.25. The highest BCUT2D eigenvalue weighted by molar-refractivity contribution is 6.35. The van der Waals surface area contributed by atoms with Crippen molar-refractivity contribution < 1.29 is 4.79 Å². The molecule has 0 aliphatic carbocycles. The number of hydrogen-bond acceptors (Lipinski definition) is 5. The smallest absolute Gasteiger partial charge is 0.330 e. The number of carbonyl (C=O) groups is 1. The van der Waals surface area contributed by atoms with Crippen molar-refractivity contribution in [1.29, 1.82) is 0 Å². The van der Waals surface area contributed by atoms with Gasteiger partial charge >= 0.3 is 5.69 Å². The summed E-state index contributed by atoms with van der Waals surface area (Å²) >= 11 is 11.9. The Morgan fingerprint density at radius 3 is 2.71 bits per heavy atom. The summed E-state index contributed by atoms with van der Waals surface area (Å²) in [7, 11) is 1.63. The normalized spacial score (nSPS) is 10.7. The van der Waals surface area contributed by atoms with E-state index >= 15 is 0 Å². The quantitative estimate of drug-likeness (QED) is 0.599. The van der Waals surface area contributed by atoms with Gasteiger partial charge in [-0.25, -0.2) is 4.79 Å². The van der Waals surface area contributed by atoms with Gasteiger partial charge in [-0.05, 0) is 24.6 Å². The number of unbranched alkanes of at least 4 members (excludes halogenated alkanes) is 1. The number of benzene rings is 1. The molecule has 1 aromatic carbocycles. The first kappa shape index (κ1) is 21.8. The van der Waals surface area contributed by atoms with Crippen LogP contribution in [0.4, 0.5) is 17.2 Å². The number of hydrogen-bond donors (Lipinski definition) is 3. The molecular weight excluding hydrogens is 405 g/mol. The highest BCUT2D eigenvalue weighted by atomic mass is 35.5. The van der Waals surface area contributed by atoms with E-state index in [2.05, 4.69) is 10.3 Å². The van der Waals surface area contributed by atoms with Crippen molar-refractivity contribution in [2.75, 3.05) is 29.5 Å². The average molecular weight is 428 g/mol. The number of halogens is 2. The van der Waals surface area contributed by atoms with E-state index in [-0.39, 0.29) is 30.4 Å². The molecule has 2 rings (SSSR count). The van der Waals surface area contributed by atoms with Gasteiger partial charge in [0.15, 0.2) is 0 Å². The van der Waals surface area contributed by atoms with Crippen molar-refractivity contribution in [3.05, 3.63) is 49.1 Å². The Balaban J connectivity index is 2.11. The molecule has 0 atom stereocenters. The van der Waals surface area contributed by atoms with Crippen molar-refractivity contribution >= 4 is 46.3 Å². The number of H-pyrrole nitrogens is 1. The van der Waals surface area contributed by atoms with Crippen LogP contribution in [-0.2, 0) is 11.3 Å². The first-order chi connectivity index (χ1) is 13.2. The molecule has 1 heterocycles. The van der Waals surface area contributed by atoms with E-state index in [1.54, 1.807) is 30.1 Å². The number of nitrogen functional groups attached to an aromatic ring is 1. The number of anilines is 3. The summed E-state index contributed by atoms with van der Waals surface area (Å²) in [6, 6.07) is 4.76. The van der Waals surface area contributed by atoms with E-state index < -0.39 is 11.2 Å². The van der Waals surface area contributed by atoms with Crippen LogP contribution in [0.2, 0.25) is 10.0 Å². The maximum atomic E-state index is 12.2. The summed E-state index contributed by atoms with van der Waals surface area (Å²) < 4.78 is 1.34. The van der Waals surface area contributed by atoms with E-state index in [1.165, 1.54) is 4.57 Å². The third kappa shape index (κ3) is 5.30. The first-order valence-corrected chi connectivity index (χ1v) is 9.58. The van der Waals surface area contributed by atoms with Crippen LogP contribution in [0.5, 0.6) is 0 Å². The van der Waals surface area contributed by atoms with Crippen LogP contribution >= 0.6 is 23.2 Å². The molecule has 0 unspecified atom stereocenters. The van der Waals surface area contributed by atoms with Gasteiger partial charge in [0.05, 0.1) is 10.7 Å². The molecule has 0 saturated heterocycles. The molecule has 0 bridgehead atoms. The lowest BCUT2D eigenvalue weighted by Crippen LogP contribution is -2.38. The molecule has 0 saturated carbocycles. The SMILES string of the molecule is CCCCn1c(N)c(N(C)CCC(=O)Nc2cc(Cl)ccc2Cl)c(=O)[nH]c1=O. The Labute approximate surface area is 172 Å². The predicted octanol–water partition coefficient (Wildman–Crippen LogP) is 2.69. The fraction of sp³-hybridized carbons (Fsp3) is 0.389. The van der Waals surface area contributed by atoms with Crippen LogP contribution in [-0.4, -0.2) is 29.1 Å². The highest BCUT2D eigenvalue weighted by Gasteiger charge is 2.17. The molecule has 0 aliphatic rings. The second kappa shape index (κ2) is 9.66. The summed E-state index contributed by atoms with van der Waals surface area (Å²) in [4.78, 5) is 40.3. The van der Waals surface area contributed by atoms with Crippen molar-refractivity contribution in [2.45, 2.75) is 32.7 Å². The minimum Gasteiger partial charge on any atom is -0.383 e. The van der Waals surface area contributed by atoms with Gasteiger partial charge in [0.25, 0.3) is 5.56 Å². The van der Waals surface area contributed by atoms with Gasteiger partial charge in [-0.2, -0.15) is 0 Å². The molecule has 1 aromatic heterocycles.